The number of halogens is 2. The lowest BCUT2D eigenvalue weighted by Crippen LogP contribution is -2.58. The van der Waals surface area contributed by atoms with Crippen LogP contribution in [0.2, 0.25) is 10.0 Å². The number of hydrogen-bond donors (Lipinski definition) is 2. The van der Waals surface area contributed by atoms with Crippen molar-refractivity contribution in [2.24, 2.45) is 11.7 Å². The monoisotopic (exact) mass is 554 g/mol. The van der Waals surface area contributed by atoms with Crippen LogP contribution in [0.15, 0.2) is 18.2 Å². The highest BCUT2D eigenvalue weighted by Crippen LogP contribution is 2.31. The first-order valence-electron chi connectivity index (χ1n) is 13.3. The van der Waals surface area contributed by atoms with Gasteiger partial charge in [-0.1, -0.05) is 48.5 Å². The van der Waals surface area contributed by atoms with E-state index in [1.54, 1.807) is 25.1 Å². The van der Waals surface area contributed by atoms with Gasteiger partial charge in [0.2, 0.25) is 11.8 Å². The summed E-state index contributed by atoms with van der Waals surface area (Å²) in [6.45, 7) is 4.35. The summed E-state index contributed by atoms with van der Waals surface area (Å²) in [4.78, 5) is 42.5. The molecule has 1 aromatic rings. The summed E-state index contributed by atoms with van der Waals surface area (Å²) < 4.78 is 4.95. The normalized spacial score (nSPS) is 22.6. The molecular formula is C27H40Cl2N4O4. The summed E-state index contributed by atoms with van der Waals surface area (Å²) in [5.41, 5.74) is 6.55. The molecule has 1 aliphatic heterocycles. The van der Waals surface area contributed by atoms with E-state index in [9.17, 15) is 14.4 Å². The number of esters is 1. The molecule has 3 rings (SSSR count). The highest BCUT2D eigenvalue weighted by Gasteiger charge is 2.35. The second kappa shape index (κ2) is 14.3. The fourth-order valence-electron chi connectivity index (χ4n) is 5.53. The highest BCUT2D eigenvalue weighted by atomic mass is 35.5. The van der Waals surface area contributed by atoms with E-state index in [0.717, 1.165) is 44.3 Å². The molecular weight excluding hydrogens is 515 g/mol. The molecule has 0 aromatic heterocycles. The van der Waals surface area contributed by atoms with Crippen LogP contribution in [0.3, 0.4) is 0 Å². The van der Waals surface area contributed by atoms with Crippen LogP contribution >= 0.6 is 23.2 Å². The third-order valence-corrected chi connectivity index (χ3v) is 8.04. The third-order valence-electron chi connectivity index (χ3n) is 7.45. The molecule has 8 nitrogen and oxygen atoms in total. The quantitative estimate of drug-likeness (QED) is 0.358. The lowest BCUT2D eigenvalue weighted by atomic mass is 9.89. The number of carbonyl (C=O) groups is 3. The Morgan fingerprint density at radius 2 is 1.81 bits per heavy atom. The molecule has 0 bridgehead atoms. The molecule has 0 radical (unpaired) electrons. The Kier molecular flexibility index (Phi) is 11.5. The SMILES string of the molecule is COC(=O)CC1CCCCCC1N1CCN(C(=O)C(Cc2ccc(Cl)cc2Cl)NC(=O)CC(C)N)CC1. The number of carbonyl (C=O) groups excluding carboxylic acids is 3. The van der Waals surface area contributed by atoms with Crippen LogP contribution < -0.4 is 11.1 Å². The van der Waals surface area contributed by atoms with Gasteiger partial charge >= 0.3 is 5.97 Å². The van der Waals surface area contributed by atoms with E-state index in [4.69, 9.17) is 33.7 Å². The number of rotatable bonds is 9. The summed E-state index contributed by atoms with van der Waals surface area (Å²) in [6.07, 6.45) is 6.38. The maximum absolute atomic E-state index is 13.6. The standard InChI is InChI=1S/C27H40Cl2N4O4/c1-18(30)14-25(34)31-23(15-19-8-9-21(28)17-22(19)29)27(36)33-12-10-32(11-13-33)24-7-5-3-4-6-20(24)16-26(35)37-2/h8-9,17-18,20,23-24H,3-7,10-16,30H2,1-2H3,(H,31,34). The van der Waals surface area contributed by atoms with Crippen LogP contribution in [-0.2, 0) is 25.5 Å². The van der Waals surface area contributed by atoms with Gasteiger partial charge in [-0.3, -0.25) is 19.3 Å². The van der Waals surface area contributed by atoms with Crippen molar-refractivity contribution in [3.8, 4) is 0 Å². The van der Waals surface area contributed by atoms with Crippen molar-refractivity contribution in [2.45, 2.75) is 76.4 Å². The van der Waals surface area contributed by atoms with Crippen LogP contribution in [0.5, 0.6) is 0 Å². The van der Waals surface area contributed by atoms with Gasteiger partial charge in [-0.15, -0.1) is 0 Å². The van der Waals surface area contributed by atoms with Crippen LogP contribution in [0, 0.1) is 5.92 Å². The van der Waals surface area contributed by atoms with E-state index >= 15 is 0 Å². The summed E-state index contributed by atoms with van der Waals surface area (Å²) in [7, 11) is 1.44. The molecule has 2 aliphatic rings. The second-order valence-corrected chi connectivity index (χ2v) is 11.2. The van der Waals surface area contributed by atoms with Gasteiger partial charge in [-0.25, -0.2) is 0 Å². The molecule has 0 spiro atoms. The number of benzene rings is 1. The topological polar surface area (TPSA) is 105 Å². The van der Waals surface area contributed by atoms with Gasteiger partial charge < -0.3 is 20.7 Å². The first kappa shape index (κ1) is 29.7. The van der Waals surface area contributed by atoms with Crippen LogP contribution in [0.4, 0.5) is 0 Å². The molecule has 2 amide bonds. The van der Waals surface area contributed by atoms with Gasteiger partial charge in [-0.2, -0.15) is 0 Å². The molecule has 1 heterocycles. The van der Waals surface area contributed by atoms with Crippen molar-refractivity contribution in [2.75, 3.05) is 33.3 Å². The first-order chi connectivity index (χ1) is 17.7. The van der Waals surface area contributed by atoms with E-state index < -0.39 is 6.04 Å². The number of hydrogen-bond acceptors (Lipinski definition) is 6. The largest absolute Gasteiger partial charge is 0.469 e. The minimum atomic E-state index is -0.749. The molecule has 4 atom stereocenters. The highest BCUT2D eigenvalue weighted by molar-refractivity contribution is 6.35. The molecule has 4 unspecified atom stereocenters. The zero-order valence-electron chi connectivity index (χ0n) is 21.9. The van der Waals surface area contributed by atoms with Gasteiger partial charge in [0, 0.05) is 67.6 Å². The van der Waals surface area contributed by atoms with Crippen molar-refractivity contribution in [3.63, 3.8) is 0 Å². The maximum Gasteiger partial charge on any atom is 0.305 e. The summed E-state index contributed by atoms with van der Waals surface area (Å²) >= 11 is 12.4. The first-order valence-corrected chi connectivity index (χ1v) is 14.0. The maximum atomic E-state index is 13.6. The predicted octanol–water partition coefficient (Wildman–Crippen LogP) is 3.41. The van der Waals surface area contributed by atoms with Gasteiger partial charge in [0.05, 0.1) is 7.11 Å². The number of nitrogens with zero attached hydrogens (tertiary/aromatic N) is 2. The number of amides is 2. The Labute approximate surface area is 230 Å². The van der Waals surface area contributed by atoms with Crippen LogP contribution in [0.1, 0.15) is 57.4 Å². The van der Waals surface area contributed by atoms with Gasteiger partial charge in [0.1, 0.15) is 6.04 Å². The molecule has 37 heavy (non-hydrogen) atoms. The summed E-state index contributed by atoms with van der Waals surface area (Å²) in [5.74, 6) is -0.275. The van der Waals surface area contributed by atoms with Crippen molar-refractivity contribution in [3.05, 3.63) is 33.8 Å². The number of ether oxygens (including phenoxy) is 1. The minimum Gasteiger partial charge on any atom is -0.469 e. The van der Waals surface area contributed by atoms with E-state index in [1.807, 2.05) is 4.90 Å². The fraction of sp³-hybridized carbons (Fsp3) is 0.667. The van der Waals surface area contributed by atoms with E-state index in [0.29, 0.717) is 35.6 Å². The Morgan fingerprint density at radius 3 is 2.46 bits per heavy atom. The number of nitrogens with one attached hydrogen (secondary N) is 1. The smallest absolute Gasteiger partial charge is 0.305 e. The molecule has 10 heteroatoms. The van der Waals surface area contributed by atoms with Crippen LogP contribution in [0.25, 0.3) is 0 Å². The predicted molar refractivity (Wildman–Crippen MR) is 146 cm³/mol. The number of piperazine rings is 1. The number of nitrogens with two attached hydrogens (primary N) is 1. The van der Waals surface area contributed by atoms with Gasteiger partial charge in [0.15, 0.2) is 0 Å². The van der Waals surface area contributed by atoms with E-state index in [2.05, 4.69) is 10.2 Å². The van der Waals surface area contributed by atoms with Gasteiger partial charge in [0.25, 0.3) is 0 Å². The third kappa shape index (κ3) is 8.84. The summed E-state index contributed by atoms with van der Waals surface area (Å²) in [6, 6.07) is 4.41. The molecule has 1 aromatic carbocycles. The molecule has 206 valence electrons. The zero-order chi connectivity index (χ0) is 26.9. The average molecular weight is 556 g/mol. The second-order valence-electron chi connectivity index (χ2n) is 10.3. The fourth-order valence-corrected chi connectivity index (χ4v) is 6.01. The lowest BCUT2D eigenvalue weighted by molar-refractivity contribution is -0.142. The minimum absolute atomic E-state index is 0.129. The van der Waals surface area contributed by atoms with E-state index in [-0.39, 0.29) is 42.6 Å². The Morgan fingerprint density at radius 1 is 1.11 bits per heavy atom. The van der Waals surface area contributed by atoms with Crippen molar-refractivity contribution in [1.29, 1.82) is 0 Å². The van der Waals surface area contributed by atoms with Crippen molar-refractivity contribution in [1.82, 2.24) is 15.1 Å². The zero-order valence-corrected chi connectivity index (χ0v) is 23.4. The Balaban J connectivity index is 1.68. The number of methoxy groups -OCH3 is 1. The molecule has 3 N–H and O–H groups in total. The Bertz CT molecular complexity index is 937. The van der Waals surface area contributed by atoms with Crippen molar-refractivity contribution < 1.29 is 19.1 Å². The van der Waals surface area contributed by atoms with Gasteiger partial charge in [-0.05, 0) is 43.4 Å². The lowest BCUT2D eigenvalue weighted by Gasteiger charge is -2.42. The van der Waals surface area contributed by atoms with E-state index in [1.165, 1.54) is 13.5 Å². The van der Waals surface area contributed by atoms with Crippen molar-refractivity contribution >= 4 is 41.0 Å². The average Bonchev–Trinajstić information content (AvgIpc) is 3.09. The molecule has 1 aliphatic carbocycles. The van der Waals surface area contributed by atoms with Crippen LogP contribution in [-0.4, -0.2) is 79.0 Å². The molecule has 1 saturated heterocycles. The molecule has 1 saturated carbocycles. The summed E-state index contributed by atoms with van der Waals surface area (Å²) in [5, 5.41) is 3.86. The Hall–Kier alpha value is -1.87. The molecule has 2 fully saturated rings.